The highest BCUT2D eigenvalue weighted by atomic mass is 19.1. The van der Waals surface area contributed by atoms with Gasteiger partial charge in [-0.1, -0.05) is 12.1 Å². The van der Waals surface area contributed by atoms with E-state index in [1.165, 1.54) is 12.1 Å². The number of carbonyl (C=O) groups excluding carboxylic acids is 2. The van der Waals surface area contributed by atoms with Gasteiger partial charge in [0.05, 0.1) is 18.0 Å². The molecule has 6 heteroatoms. The molecule has 2 rings (SSSR count). The Labute approximate surface area is 110 Å². The van der Waals surface area contributed by atoms with Gasteiger partial charge in [0.2, 0.25) is 11.8 Å². The number of primary amides is 1. The summed E-state index contributed by atoms with van der Waals surface area (Å²) >= 11 is 0. The number of benzene rings is 1. The van der Waals surface area contributed by atoms with Gasteiger partial charge in [0.15, 0.2) is 0 Å². The molecular weight excluding hydrogens is 249 g/mol. The minimum absolute atomic E-state index is 0.203. The summed E-state index contributed by atoms with van der Waals surface area (Å²) < 4.78 is 13.2. The fourth-order valence-corrected chi connectivity index (χ4v) is 2.03. The number of hydrogen-bond donors (Lipinski definition) is 3. The van der Waals surface area contributed by atoms with E-state index >= 15 is 0 Å². The van der Waals surface area contributed by atoms with E-state index in [0.717, 1.165) is 12.8 Å². The molecule has 2 amide bonds. The predicted molar refractivity (Wildman–Crippen MR) is 67.2 cm³/mol. The number of hydrogen-bond acceptors (Lipinski definition) is 3. The number of amides is 2. The largest absolute Gasteiger partial charge is 0.370 e. The van der Waals surface area contributed by atoms with Crippen LogP contribution in [0.25, 0.3) is 0 Å². The maximum atomic E-state index is 13.2. The van der Waals surface area contributed by atoms with Gasteiger partial charge in [-0.15, -0.1) is 0 Å². The molecular formula is C13H16FN3O2. The van der Waals surface area contributed by atoms with Crippen LogP contribution in [0, 0.1) is 5.82 Å². The number of nitrogens with one attached hydrogen (secondary N) is 1. The SMILES string of the molecule is NC(=O)C[C@H](N)C(=O)NC1(c2cccc(F)c2)CC1. The smallest absolute Gasteiger partial charge is 0.238 e. The van der Waals surface area contributed by atoms with Crippen molar-refractivity contribution < 1.29 is 14.0 Å². The summed E-state index contributed by atoms with van der Waals surface area (Å²) in [5, 5.41) is 2.78. The molecule has 0 heterocycles. The quantitative estimate of drug-likeness (QED) is 0.706. The van der Waals surface area contributed by atoms with Crippen LogP contribution in [0.5, 0.6) is 0 Å². The second-order valence-corrected chi connectivity index (χ2v) is 4.86. The van der Waals surface area contributed by atoms with E-state index in [0.29, 0.717) is 5.56 Å². The van der Waals surface area contributed by atoms with Crippen LogP contribution in [0.4, 0.5) is 4.39 Å². The lowest BCUT2D eigenvalue weighted by atomic mass is 10.0. The van der Waals surface area contributed by atoms with Gasteiger partial charge in [0.1, 0.15) is 5.82 Å². The Kier molecular flexibility index (Phi) is 3.53. The molecule has 1 aliphatic rings. The van der Waals surface area contributed by atoms with Crippen molar-refractivity contribution in [2.45, 2.75) is 30.8 Å². The van der Waals surface area contributed by atoms with Crippen molar-refractivity contribution >= 4 is 11.8 Å². The Hall–Kier alpha value is -1.95. The fourth-order valence-electron chi connectivity index (χ4n) is 2.03. The Bertz CT molecular complexity index is 514. The van der Waals surface area contributed by atoms with E-state index in [1.807, 2.05) is 0 Å². The minimum atomic E-state index is -0.969. The second kappa shape index (κ2) is 4.97. The summed E-state index contributed by atoms with van der Waals surface area (Å²) in [6.07, 6.45) is 1.25. The molecule has 0 aromatic heterocycles. The first kappa shape index (κ1) is 13.5. The van der Waals surface area contributed by atoms with Gasteiger partial charge in [0, 0.05) is 0 Å². The molecule has 1 aromatic carbocycles. The normalized spacial score (nSPS) is 17.6. The first-order valence-electron chi connectivity index (χ1n) is 6.05. The van der Waals surface area contributed by atoms with Crippen molar-refractivity contribution in [3.63, 3.8) is 0 Å². The van der Waals surface area contributed by atoms with Gasteiger partial charge in [-0.05, 0) is 30.5 Å². The fraction of sp³-hybridized carbons (Fsp3) is 0.385. The van der Waals surface area contributed by atoms with Crippen molar-refractivity contribution in [3.8, 4) is 0 Å². The monoisotopic (exact) mass is 265 g/mol. The third-order valence-corrected chi connectivity index (χ3v) is 3.25. The van der Waals surface area contributed by atoms with E-state index in [4.69, 9.17) is 11.5 Å². The third-order valence-electron chi connectivity index (χ3n) is 3.25. The minimum Gasteiger partial charge on any atom is -0.370 e. The van der Waals surface area contributed by atoms with Gasteiger partial charge in [-0.25, -0.2) is 4.39 Å². The van der Waals surface area contributed by atoms with Crippen LogP contribution in [-0.4, -0.2) is 17.9 Å². The average Bonchev–Trinajstić information content (AvgIpc) is 3.09. The molecule has 0 bridgehead atoms. The van der Waals surface area contributed by atoms with Crippen molar-refractivity contribution in [1.29, 1.82) is 0 Å². The Balaban J connectivity index is 2.06. The average molecular weight is 265 g/mol. The van der Waals surface area contributed by atoms with Gasteiger partial charge >= 0.3 is 0 Å². The van der Waals surface area contributed by atoms with Crippen LogP contribution in [0.1, 0.15) is 24.8 Å². The topological polar surface area (TPSA) is 98.2 Å². The molecule has 1 aromatic rings. The van der Waals surface area contributed by atoms with Gasteiger partial charge < -0.3 is 16.8 Å². The Morgan fingerprint density at radius 1 is 1.42 bits per heavy atom. The molecule has 5 N–H and O–H groups in total. The molecule has 19 heavy (non-hydrogen) atoms. The summed E-state index contributed by atoms with van der Waals surface area (Å²) in [7, 11) is 0. The Morgan fingerprint density at radius 2 is 2.11 bits per heavy atom. The lowest BCUT2D eigenvalue weighted by Crippen LogP contribution is -2.47. The van der Waals surface area contributed by atoms with Gasteiger partial charge in [0.25, 0.3) is 0 Å². The van der Waals surface area contributed by atoms with Crippen LogP contribution in [0.15, 0.2) is 24.3 Å². The zero-order chi connectivity index (χ0) is 14.0. The Morgan fingerprint density at radius 3 is 2.63 bits per heavy atom. The highest BCUT2D eigenvalue weighted by Crippen LogP contribution is 2.45. The number of rotatable bonds is 5. The lowest BCUT2D eigenvalue weighted by molar-refractivity contribution is -0.127. The second-order valence-electron chi connectivity index (χ2n) is 4.86. The van der Waals surface area contributed by atoms with Crippen molar-refractivity contribution in [3.05, 3.63) is 35.6 Å². The van der Waals surface area contributed by atoms with Crippen LogP contribution >= 0.6 is 0 Å². The van der Waals surface area contributed by atoms with Crippen LogP contribution in [-0.2, 0) is 15.1 Å². The molecule has 0 saturated heterocycles. The van der Waals surface area contributed by atoms with Crippen molar-refractivity contribution in [1.82, 2.24) is 5.32 Å². The molecule has 5 nitrogen and oxygen atoms in total. The summed E-state index contributed by atoms with van der Waals surface area (Å²) in [6, 6.07) is 5.13. The van der Waals surface area contributed by atoms with E-state index < -0.39 is 23.4 Å². The number of halogens is 1. The zero-order valence-electron chi connectivity index (χ0n) is 10.4. The molecule has 0 unspecified atom stereocenters. The first-order chi connectivity index (χ1) is 8.93. The molecule has 1 aliphatic carbocycles. The molecule has 102 valence electrons. The molecule has 0 spiro atoms. The van der Waals surface area contributed by atoms with Crippen LogP contribution in [0.3, 0.4) is 0 Å². The summed E-state index contributed by atoms with van der Waals surface area (Å²) in [4.78, 5) is 22.6. The maximum absolute atomic E-state index is 13.2. The highest BCUT2D eigenvalue weighted by molar-refractivity contribution is 5.88. The van der Waals surface area contributed by atoms with Crippen LogP contribution < -0.4 is 16.8 Å². The molecule has 1 fully saturated rings. The van der Waals surface area contributed by atoms with Crippen molar-refractivity contribution in [2.75, 3.05) is 0 Å². The van der Waals surface area contributed by atoms with Crippen LogP contribution in [0.2, 0.25) is 0 Å². The number of nitrogens with two attached hydrogens (primary N) is 2. The summed E-state index contributed by atoms with van der Waals surface area (Å²) in [5.41, 5.74) is 10.7. The molecule has 1 atom stereocenters. The van der Waals surface area contributed by atoms with Crippen molar-refractivity contribution in [2.24, 2.45) is 11.5 Å². The maximum Gasteiger partial charge on any atom is 0.238 e. The molecule has 0 aliphatic heterocycles. The van der Waals surface area contributed by atoms with E-state index in [-0.39, 0.29) is 12.2 Å². The summed E-state index contributed by atoms with van der Waals surface area (Å²) in [5.74, 6) is -1.42. The third kappa shape index (κ3) is 3.08. The lowest BCUT2D eigenvalue weighted by Gasteiger charge is -2.20. The standard InChI is InChI=1S/C13H16FN3O2/c14-9-3-1-2-8(6-9)13(4-5-13)17-12(19)10(15)7-11(16)18/h1-3,6,10H,4-5,7,15H2,(H2,16,18)(H,17,19)/t10-/m0/s1. The van der Waals surface area contributed by atoms with Gasteiger partial charge in [-0.3, -0.25) is 9.59 Å². The molecule has 1 saturated carbocycles. The zero-order valence-corrected chi connectivity index (χ0v) is 10.4. The highest BCUT2D eigenvalue weighted by Gasteiger charge is 2.46. The van der Waals surface area contributed by atoms with E-state index in [1.54, 1.807) is 12.1 Å². The van der Waals surface area contributed by atoms with Gasteiger partial charge in [-0.2, -0.15) is 0 Å². The predicted octanol–water partition coefficient (Wildman–Crippen LogP) is 0.134. The summed E-state index contributed by atoms with van der Waals surface area (Å²) in [6.45, 7) is 0. The molecule has 0 radical (unpaired) electrons. The first-order valence-corrected chi connectivity index (χ1v) is 6.05. The number of carbonyl (C=O) groups is 2. The van der Waals surface area contributed by atoms with E-state index in [9.17, 15) is 14.0 Å². The van der Waals surface area contributed by atoms with E-state index in [2.05, 4.69) is 5.32 Å².